The summed E-state index contributed by atoms with van der Waals surface area (Å²) in [6, 6.07) is -0.700. The van der Waals surface area contributed by atoms with Crippen molar-refractivity contribution in [1.82, 2.24) is 10.2 Å². The molecular formula is C14H22N2O4. The first-order chi connectivity index (χ1) is 9.17. The van der Waals surface area contributed by atoms with Gasteiger partial charge in [-0.2, -0.15) is 0 Å². The van der Waals surface area contributed by atoms with Gasteiger partial charge in [-0.05, 0) is 11.8 Å². The highest BCUT2D eigenvalue weighted by molar-refractivity contribution is 6.10. The van der Waals surface area contributed by atoms with Crippen molar-refractivity contribution in [2.24, 2.45) is 17.3 Å². The van der Waals surface area contributed by atoms with Gasteiger partial charge >= 0.3 is 5.97 Å². The van der Waals surface area contributed by atoms with Crippen molar-refractivity contribution in [3.63, 3.8) is 0 Å². The molecule has 2 N–H and O–H groups in total. The average molecular weight is 282 g/mol. The standard InChI is InChI=1S/C14H22N2O4/c1-7(2)15-8(13(19)20)5-6-16-11(17)9-10(12(16)18)14(9,3)4/h7-10,15H,5-6H2,1-4H3,(H,19,20). The molecule has 2 amide bonds. The summed E-state index contributed by atoms with van der Waals surface area (Å²) in [6.45, 7) is 7.75. The fraction of sp³-hybridized carbons (Fsp3) is 0.786. The van der Waals surface area contributed by atoms with E-state index in [-0.39, 0.29) is 48.1 Å². The maximum absolute atomic E-state index is 12.1. The molecular weight excluding hydrogens is 260 g/mol. The number of nitrogens with one attached hydrogen (secondary N) is 1. The Balaban J connectivity index is 1.94. The van der Waals surface area contributed by atoms with Crippen LogP contribution in [0.1, 0.15) is 34.1 Å². The highest BCUT2D eigenvalue weighted by Crippen LogP contribution is 2.63. The van der Waals surface area contributed by atoms with E-state index in [1.807, 2.05) is 27.7 Å². The summed E-state index contributed by atoms with van der Waals surface area (Å²) >= 11 is 0. The number of carboxylic acid groups (broad SMARTS) is 1. The molecule has 0 radical (unpaired) electrons. The lowest BCUT2D eigenvalue weighted by atomic mass is 10.1. The quantitative estimate of drug-likeness (QED) is 0.692. The lowest BCUT2D eigenvalue weighted by molar-refractivity contribution is -0.145. The first kappa shape index (κ1) is 15.0. The number of aliphatic carboxylic acids is 1. The van der Waals surface area contributed by atoms with Crippen LogP contribution in [0.15, 0.2) is 0 Å². The Morgan fingerprint density at radius 3 is 2.20 bits per heavy atom. The van der Waals surface area contributed by atoms with E-state index >= 15 is 0 Å². The Hall–Kier alpha value is -1.43. The molecule has 3 atom stereocenters. The molecule has 1 saturated carbocycles. The molecule has 1 heterocycles. The Morgan fingerprint density at radius 1 is 1.30 bits per heavy atom. The second-order valence-corrected chi connectivity index (χ2v) is 6.61. The minimum Gasteiger partial charge on any atom is -0.480 e. The number of rotatable bonds is 6. The lowest BCUT2D eigenvalue weighted by Crippen LogP contribution is -2.45. The summed E-state index contributed by atoms with van der Waals surface area (Å²) in [5.41, 5.74) is -0.215. The van der Waals surface area contributed by atoms with E-state index in [2.05, 4.69) is 5.32 Å². The van der Waals surface area contributed by atoms with Gasteiger partial charge in [0.05, 0.1) is 11.8 Å². The number of imide groups is 1. The zero-order valence-corrected chi connectivity index (χ0v) is 12.3. The number of carbonyl (C=O) groups excluding carboxylic acids is 2. The zero-order chi connectivity index (χ0) is 15.2. The summed E-state index contributed by atoms with van der Waals surface area (Å²) in [7, 11) is 0. The van der Waals surface area contributed by atoms with Crippen LogP contribution in [-0.4, -0.2) is 46.4 Å². The number of hydrogen-bond acceptors (Lipinski definition) is 4. The predicted octanol–water partition coefficient (Wildman–Crippen LogP) is 0.469. The maximum atomic E-state index is 12.1. The molecule has 6 heteroatoms. The van der Waals surface area contributed by atoms with Crippen LogP contribution in [0.3, 0.4) is 0 Å². The summed E-state index contributed by atoms with van der Waals surface area (Å²) in [5.74, 6) is -1.63. The molecule has 2 rings (SSSR count). The van der Waals surface area contributed by atoms with E-state index in [0.29, 0.717) is 0 Å². The monoisotopic (exact) mass is 282 g/mol. The summed E-state index contributed by atoms with van der Waals surface area (Å²) in [6.07, 6.45) is 0.241. The number of nitrogens with zero attached hydrogens (tertiary/aromatic N) is 1. The summed E-state index contributed by atoms with van der Waals surface area (Å²) in [5, 5.41) is 12.0. The number of amides is 2. The van der Waals surface area contributed by atoms with Crippen molar-refractivity contribution in [2.45, 2.75) is 46.2 Å². The minimum absolute atomic E-state index is 0.0356. The molecule has 0 bridgehead atoms. The molecule has 3 unspecified atom stereocenters. The van der Waals surface area contributed by atoms with Gasteiger partial charge in [-0.1, -0.05) is 27.7 Å². The number of carbonyl (C=O) groups is 3. The third kappa shape index (κ3) is 2.32. The third-order valence-electron chi connectivity index (χ3n) is 4.37. The van der Waals surface area contributed by atoms with Crippen molar-refractivity contribution >= 4 is 17.8 Å². The molecule has 0 spiro atoms. The van der Waals surface area contributed by atoms with Crippen molar-refractivity contribution in [3.05, 3.63) is 0 Å². The smallest absolute Gasteiger partial charge is 0.320 e. The fourth-order valence-electron chi connectivity index (χ4n) is 3.16. The second-order valence-electron chi connectivity index (χ2n) is 6.61. The lowest BCUT2D eigenvalue weighted by Gasteiger charge is -2.23. The van der Waals surface area contributed by atoms with E-state index < -0.39 is 12.0 Å². The third-order valence-corrected chi connectivity index (χ3v) is 4.37. The molecule has 6 nitrogen and oxygen atoms in total. The van der Waals surface area contributed by atoms with Gasteiger partial charge in [0.15, 0.2) is 0 Å². The molecule has 2 aliphatic rings. The van der Waals surface area contributed by atoms with Gasteiger partial charge in [0.25, 0.3) is 0 Å². The molecule has 112 valence electrons. The molecule has 20 heavy (non-hydrogen) atoms. The number of likely N-dealkylation sites (tertiary alicyclic amines) is 1. The van der Waals surface area contributed by atoms with Gasteiger partial charge in [-0.3, -0.25) is 19.3 Å². The highest BCUT2D eigenvalue weighted by atomic mass is 16.4. The fourth-order valence-corrected chi connectivity index (χ4v) is 3.16. The topological polar surface area (TPSA) is 86.7 Å². The van der Waals surface area contributed by atoms with Crippen molar-refractivity contribution in [1.29, 1.82) is 0 Å². The SMILES string of the molecule is CC(C)NC(CCN1C(=O)C2C(C1=O)C2(C)C)C(=O)O. The Bertz CT molecular complexity index is 434. The van der Waals surface area contributed by atoms with Crippen LogP contribution in [-0.2, 0) is 14.4 Å². The van der Waals surface area contributed by atoms with Gasteiger partial charge < -0.3 is 10.4 Å². The van der Waals surface area contributed by atoms with Crippen LogP contribution >= 0.6 is 0 Å². The molecule has 1 aliphatic carbocycles. The van der Waals surface area contributed by atoms with Crippen LogP contribution in [0.25, 0.3) is 0 Å². The van der Waals surface area contributed by atoms with Crippen molar-refractivity contribution < 1.29 is 19.5 Å². The molecule has 0 aromatic heterocycles. The van der Waals surface area contributed by atoms with Crippen LogP contribution in [0.5, 0.6) is 0 Å². The average Bonchev–Trinajstić information content (AvgIpc) is 2.77. The second kappa shape index (κ2) is 4.84. The highest BCUT2D eigenvalue weighted by Gasteiger charge is 2.72. The van der Waals surface area contributed by atoms with Gasteiger partial charge in [-0.15, -0.1) is 0 Å². The number of piperidine rings is 1. The zero-order valence-electron chi connectivity index (χ0n) is 12.3. The van der Waals surface area contributed by atoms with Crippen molar-refractivity contribution in [3.8, 4) is 0 Å². The Kier molecular flexibility index (Phi) is 3.62. The van der Waals surface area contributed by atoms with E-state index in [9.17, 15) is 14.4 Å². The molecule has 2 fully saturated rings. The van der Waals surface area contributed by atoms with Gasteiger partial charge in [-0.25, -0.2) is 0 Å². The van der Waals surface area contributed by atoms with Crippen LogP contribution in [0.4, 0.5) is 0 Å². The number of carboxylic acids is 1. The molecule has 0 aromatic rings. The van der Waals surface area contributed by atoms with Crippen LogP contribution < -0.4 is 5.32 Å². The molecule has 0 aromatic carbocycles. The van der Waals surface area contributed by atoms with Gasteiger partial charge in [0.1, 0.15) is 6.04 Å². The van der Waals surface area contributed by atoms with E-state index in [1.54, 1.807) is 0 Å². The maximum Gasteiger partial charge on any atom is 0.320 e. The van der Waals surface area contributed by atoms with E-state index in [1.165, 1.54) is 4.90 Å². The largest absolute Gasteiger partial charge is 0.480 e. The Labute approximate surface area is 118 Å². The number of hydrogen-bond donors (Lipinski definition) is 2. The van der Waals surface area contributed by atoms with Gasteiger partial charge in [0, 0.05) is 12.6 Å². The van der Waals surface area contributed by atoms with Crippen LogP contribution in [0.2, 0.25) is 0 Å². The molecule has 1 aliphatic heterocycles. The van der Waals surface area contributed by atoms with E-state index in [0.717, 1.165) is 0 Å². The predicted molar refractivity (Wildman–Crippen MR) is 71.8 cm³/mol. The first-order valence-corrected chi connectivity index (χ1v) is 7.02. The summed E-state index contributed by atoms with van der Waals surface area (Å²) in [4.78, 5) is 36.6. The minimum atomic E-state index is -0.955. The summed E-state index contributed by atoms with van der Waals surface area (Å²) < 4.78 is 0. The Morgan fingerprint density at radius 2 is 1.80 bits per heavy atom. The molecule has 1 saturated heterocycles. The van der Waals surface area contributed by atoms with Crippen LogP contribution in [0, 0.1) is 17.3 Å². The van der Waals surface area contributed by atoms with Gasteiger partial charge in [0.2, 0.25) is 11.8 Å². The van der Waals surface area contributed by atoms with E-state index in [4.69, 9.17) is 5.11 Å². The van der Waals surface area contributed by atoms with Crippen molar-refractivity contribution in [2.75, 3.05) is 6.54 Å². The number of fused-ring (bicyclic) bond motifs is 1. The first-order valence-electron chi connectivity index (χ1n) is 7.02. The normalized spacial score (nSPS) is 28.8.